The number of anilines is 3. The summed E-state index contributed by atoms with van der Waals surface area (Å²) in [4.78, 5) is 26.3. The maximum atomic E-state index is 13.2. The summed E-state index contributed by atoms with van der Waals surface area (Å²) in [6, 6.07) is 5.03. The van der Waals surface area contributed by atoms with Crippen molar-refractivity contribution in [2.45, 2.75) is 26.4 Å². The Morgan fingerprint density at radius 3 is 2.59 bits per heavy atom. The number of thiocarbonyl (C=S) groups is 1. The van der Waals surface area contributed by atoms with E-state index in [-0.39, 0.29) is 22.7 Å². The fourth-order valence-corrected chi connectivity index (χ4v) is 4.78. The van der Waals surface area contributed by atoms with Crippen LogP contribution in [0.25, 0.3) is 0 Å². The van der Waals surface area contributed by atoms with Crippen molar-refractivity contribution in [2.75, 3.05) is 69.3 Å². The van der Waals surface area contributed by atoms with Crippen molar-refractivity contribution >= 4 is 52.3 Å². The number of nitrogens with one attached hydrogen (secondary N) is 4. The van der Waals surface area contributed by atoms with E-state index < -0.39 is 22.2 Å². The zero-order valence-corrected chi connectivity index (χ0v) is 23.9. The number of benzene rings is 1. The molecule has 1 amide bonds. The van der Waals surface area contributed by atoms with Gasteiger partial charge in [0.1, 0.15) is 5.82 Å². The highest BCUT2D eigenvalue weighted by molar-refractivity contribution is 7.80. The molecule has 9 nitrogen and oxygen atoms in total. The molecule has 1 aliphatic heterocycles. The molecule has 1 aromatic carbocycles. The third-order valence-corrected chi connectivity index (χ3v) is 6.94. The summed E-state index contributed by atoms with van der Waals surface area (Å²) in [5.41, 5.74) is -0.602. The van der Waals surface area contributed by atoms with Crippen molar-refractivity contribution in [3.8, 4) is 0 Å². The van der Waals surface area contributed by atoms with Crippen molar-refractivity contribution in [3.05, 3.63) is 40.5 Å². The Kier molecular flexibility index (Phi) is 10.3. The molecule has 0 bridgehead atoms. The fraction of sp³-hybridized carbons (Fsp3) is 0.520. The van der Waals surface area contributed by atoms with E-state index in [0.717, 1.165) is 38.2 Å². The quantitative estimate of drug-likeness (QED) is 0.307. The maximum Gasteiger partial charge on any atom is 0.417 e. The van der Waals surface area contributed by atoms with E-state index in [1.807, 2.05) is 19.0 Å². The summed E-state index contributed by atoms with van der Waals surface area (Å²) < 4.78 is 38.9. The maximum absolute atomic E-state index is 13.2. The number of carbonyl (C=O) groups excluding carboxylic acids is 1. The van der Waals surface area contributed by atoms with Crippen LogP contribution in [-0.2, 0) is 11.0 Å². The van der Waals surface area contributed by atoms with Gasteiger partial charge in [-0.05, 0) is 70.9 Å². The van der Waals surface area contributed by atoms with E-state index in [1.165, 1.54) is 6.07 Å². The highest BCUT2D eigenvalue weighted by atomic mass is 35.5. The summed E-state index contributed by atoms with van der Waals surface area (Å²) in [5, 5.41) is 11.7. The standard InChI is InChI=1S/C25H34ClF3N8OS/c1-5-37-10-8-24(15-37,21(38)30-9-11-36(3)4)14-31-20-12-16(2)32-22(34-20)35-23(39)33-17-6-7-18(19(26)13-17)25(27,28)29/h6-7,12-13H,5,8-11,14-15H2,1-4H3,(H,30,38)(H3,31,32,33,34,35,39). The molecule has 14 heteroatoms. The lowest BCUT2D eigenvalue weighted by Crippen LogP contribution is -2.48. The van der Waals surface area contributed by atoms with Crippen LogP contribution in [0, 0.1) is 12.3 Å². The van der Waals surface area contributed by atoms with E-state index in [0.29, 0.717) is 31.1 Å². The van der Waals surface area contributed by atoms with Gasteiger partial charge in [0.25, 0.3) is 0 Å². The zero-order chi connectivity index (χ0) is 28.8. The normalized spacial score (nSPS) is 17.8. The minimum absolute atomic E-state index is 0.0116. The molecule has 1 atom stereocenters. The second kappa shape index (κ2) is 13.1. The first-order chi connectivity index (χ1) is 18.3. The SMILES string of the molecule is CCN1CCC(CNc2cc(C)nc(NC(=S)Nc3ccc(C(F)(F)F)c(Cl)c3)n2)(C(=O)NCCN(C)C)C1. The molecule has 0 aliphatic carbocycles. The van der Waals surface area contributed by atoms with Crippen molar-refractivity contribution in [2.24, 2.45) is 5.41 Å². The number of hydrogen-bond donors (Lipinski definition) is 4. The van der Waals surface area contributed by atoms with E-state index in [4.69, 9.17) is 23.8 Å². The number of hydrogen-bond acceptors (Lipinski definition) is 7. The summed E-state index contributed by atoms with van der Waals surface area (Å²) >= 11 is 11.1. The molecule has 39 heavy (non-hydrogen) atoms. The molecule has 1 aliphatic rings. The van der Waals surface area contributed by atoms with Crippen LogP contribution in [0.4, 0.5) is 30.6 Å². The Labute approximate surface area is 236 Å². The number of carbonyl (C=O) groups is 1. The number of likely N-dealkylation sites (N-methyl/N-ethyl adjacent to an activating group) is 1. The van der Waals surface area contributed by atoms with Crippen molar-refractivity contribution < 1.29 is 18.0 Å². The Balaban J connectivity index is 1.67. The average molecular weight is 587 g/mol. The third kappa shape index (κ3) is 8.62. The van der Waals surface area contributed by atoms with Gasteiger partial charge >= 0.3 is 6.18 Å². The number of nitrogens with zero attached hydrogens (tertiary/aromatic N) is 4. The molecule has 4 N–H and O–H groups in total. The molecular weight excluding hydrogens is 553 g/mol. The van der Waals surface area contributed by atoms with Crippen LogP contribution in [-0.4, -0.2) is 84.2 Å². The third-order valence-electron chi connectivity index (χ3n) is 6.43. The van der Waals surface area contributed by atoms with Gasteiger partial charge in [-0.25, -0.2) is 4.98 Å². The number of alkyl halides is 3. The lowest BCUT2D eigenvalue weighted by Gasteiger charge is -2.29. The van der Waals surface area contributed by atoms with Crippen LogP contribution in [0.2, 0.25) is 5.02 Å². The molecule has 2 heterocycles. The lowest BCUT2D eigenvalue weighted by molar-refractivity contribution is -0.137. The second-order valence-electron chi connectivity index (χ2n) is 9.80. The van der Waals surface area contributed by atoms with Gasteiger partial charge in [-0.15, -0.1) is 0 Å². The minimum atomic E-state index is -4.55. The summed E-state index contributed by atoms with van der Waals surface area (Å²) in [6.45, 7) is 7.92. The predicted octanol–water partition coefficient (Wildman–Crippen LogP) is 4.07. The van der Waals surface area contributed by atoms with Crippen LogP contribution >= 0.6 is 23.8 Å². The minimum Gasteiger partial charge on any atom is -0.369 e. The van der Waals surface area contributed by atoms with Gasteiger partial charge in [0.05, 0.1) is 16.0 Å². The molecule has 1 aromatic heterocycles. The van der Waals surface area contributed by atoms with Crippen LogP contribution in [0.5, 0.6) is 0 Å². The largest absolute Gasteiger partial charge is 0.417 e. The first-order valence-electron chi connectivity index (χ1n) is 12.5. The summed E-state index contributed by atoms with van der Waals surface area (Å²) in [6.07, 6.45) is -3.83. The molecule has 1 unspecified atom stereocenters. The summed E-state index contributed by atoms with van der Waals surface area (Å²) in [5.74, 6) is 0.720. The monoisotopic (exact) mass is 586 g/mol. The Morgan fingerprint density at radius 2 is 1.97 bits per heavy atom. The van der Waals surface area contributed by atoms with Gasteiger partial charge in [0.2, 0.25) is 11.9 Å². The van der Waals surface area contributed by atoms with E-state index in [2.05, 4.69) is 43.1 Å². The van der Waals surface area contributed by atoms with Crippen molar-refractivity contribution in [1.82, 2.24) is 25.1 Å². The lowest BCUT2D eigenvalue weighted by atomic mass is 9.85. The van der Waals surface area contributed by atoms with Gasteiger partial charge in [-0.3, -0.25) is 4.79 Å². The van der Waals surface area contributed by atoms with Gasteiger partial charge in [0, 0.05) is 43.6 Å². The molecule has 3 rings (SSSR count). The Morgan fingerprint density at radius 1 is 1.23 bits per heavy atom. The molecule has 1 saturated heterocycles. The van der Waals surface area contributed by atoms with E-state index in [1.54, 1.807) is 13.0 Å². The second-order valence-corrected chi connectivity index (χ2v) is 10.6. The number of aryl methyl sites for hydroxylation is 1. The molecular formula is C25H34ClF3N8OS. The van der Waals surface area contributed by atoms with Crippen LogP contribution in [0.15, 0.2) is 24.3 Å². The zero-order valence-electron chi connectivity index (χ0n) is 22.4. The summed E-state index contributed by atoms with van der Waals surface area (Å²) in [7, 11) is 3.92. The average Bonchev–Trinajstić information content (AvgIpc) is 3.26. The van der Waals surface area contributed by atoms with Gasteiger partial charge < -0.3 is 31.1 Å². The molecule has 214 valence electrons. The highest BCUT2D eigenvalue weighted by Gasteiger charge is 2.44. The van der Waals surface area contributed by atoms with Crippen molar-refractivity contribution in [3.63, 3.8) is 0 Å². The van der Waals surface area contributed by atoms with Crippen LogP contribution in [0.1, 0.15) is 24.6 Å². The number of rotatable bonds is 10. The molecule has 0 saturated carbocycles. The predicted molar refractivity (Wildman–Crippen MR) is 152 cm³/mol. The molecule has 0 radical (unpaired) electrons. The van der Waals surface area contributed by atoms with Gasteiger partial charge in [-0.1, -0.05) is 18.5 Å². The Hall–Kier alpha value is -2.74. The van der Waals surface area contributed by atoms with Crippen molar-refractivity contribution in [1.29, 1.82) is 0 Å². The van der Waals surface area contributed by atoms with E-state index >= 15 is 0 Å². The van der Waals surface area contributed by atoms with Crippen LogP contribution < -0.4 is 21.3 Å². The number of likely N-dealkylation sites (tertiary alicyclic amines) is 1. The topological polar surface area (TPSA) is 97.5 Å². The first kappa shape index (κ1) is 30.8. The molecule has 2 aromatic rings. The number of halogens is 4. The molecule has 1 fully saturated rings. The van der Waals surface area contributed by atoms with Crippen LogP contribution in [0.3, 0.4) is 0 Å². The Bertz CT molecular complexity index is 1180. The highest BCUT2D eigenvalue weighted by Crippen LogP contribution is 2.36. The number of aromatic nitrogens is 2. The molecule has 0 spiro atoms. The first-order valence-corrected chi connectivity index (χ1v) is 13.3. The van der Waals surface area contributed by atoms with E-state index in [9.17, 15) is 18.0 Å². The fourth-order valence-electron chi connectivity index (χ4n) is 4.28. The van der Waals surface area contributed by atoms with Gasteiger partial charge in [-0.2, -0.15) is 18.2 Å². The number of amides is 1. The van der Waals surface area contributed by atoms with Gasteiger partial charge in [0.15, 0.2) is 5.11 Å². The smallest absolute Gasteiger partial charge is 0.369 e.